The van der Waals surface area contributed by atoms with E-state index in [1.807, 2.05) is 0 Å². The number of piperazine rings is 1. The second-order valence-corrected chi connectivity index (χ2v) is 9.18. The molecule has 1 fully saturated rings. The number of amides is 2. The zero-order valence-corrected chi connectivity index (χ0v) is 19.5. The Bertz CT molecular complexity index is 1390. The van der Waals surface area contributed by atoms with Gasteiger partial charge in [0.25, 0.3) is 11.5 Å². The van der Waals surface area contributed by atoms with Crippen molar-refractivity contribution in [1.82, 2.24) is 24.3 Å². The molecule has 9 nitrogen and oxygen atoms in total. The fourth-order valence-electron chi connectivity index (χ4n) is 3.97. The number of hydrogen-bond acceptors (Lipinski definition) is 6. The van der Waals surface area contributed by atoms with E-state index in [0.717, 1.165) is 26.0 Å². The Kier molecular flexibility index (Phi) is 6.79. The van der Waals surface area contributed by atoms with Crippen molar-refractivity contribution >= 4 is 33.4 Å². The molecule has 0 unspecified atom stereocenters. The maximum atomic E-state index is 13.3. The van der Waals surface area contributed by atoms with Crippen molar-refractivity contribution in [3.05, 3.63) is 61.4 Å². The van der Waals surface area contributed by atoms with Gasteiger partial charge in [0.05, 0.1) is 23.2 Å². The molecule has 0 atom stereocenters. The van der Waals surface area contributed by atoms with E-state index >= 15 is 0 Å². The number of fused-ring (bicyclic) bond motifs is 1. The van der Waals surface area contributed by atoms with Crippen molar-refractivity contribution in [2.45, 2.75) is 39.0 Å². The molecule has 1 N–H and O–H groups in total. The van der Waals surface area contributed by atoms with Gasteiger partial charge >= 0.3 is 11.9 Å². The largest absolute Gasteiger partial charge is 0.390 e. The molecule has 35 heavy (non-hydrogen) atoms. The Morgan fingerprint density at radius 1 is 1.20 bits per heavy atom. The Labute approximate surface area is 200 Å². The summed E-state index contributed by atoms with van der Waals surface area (Å²) in [5.41, 5.74) is -0.501. The number of carbonyl (C=O) groups is 2. The summed E-state index contributed by atoms with van der Waals surface area (Å²) in [4.78, 5) is 56.8. The van der Waals surface area contributed by atoms with Crippen LogP contribution >= 0.6 is 11.3 Å². The molecular weight excluding hydrogens is 487 g/mol. The third-order valence-corrected chi connectivity index (χ3v) is 7.08. The summed E-state index contributed by atoms with van der Waals surface area (Å²) in [6, 6.07) is 3.46. The topological polar surface area (TPSA) is 106 Å². The minimum atomic E-state index is -4.52. The van der Waals surface area contributed by atoms with Gasteiger partial charge in [-0.3, -0.25) is 28.5 Å². The fraction of sp³-hybridized carbons (Fsp3) is 0.409. The van der Waals surface area contributed by atoms with Crippen molar-refractivity contribution in [3.8, 4) is 0 Å². The summed E-state index contributed by atoms with van der Waals surface area (Å²) in [6.45, 7) is 1.15. The van der Waals surface area contributed by atoms with E-state index in [1.165, 1.54) is 11.8 Å². The van der Waals surface area contributed by atoms with E-state index in [4.69, 9.17) is 0 Å². The van der Waals surface area contributed by atoms with Crippen LogP contribution in [0, 0.1) is 6.92 Å². The van der Waals surface area contributed by atoms with Crippen LogP contribution in [0.25, 0.3) is 10.2 Å². The number of thiophene rings is 1. The molecule has 13 heteroatoms. The molecule has 0 spiro atoms. The number of alkyl halides is 3. The number of nitrogens with zero attached hydrogens (tertiary/aromatic N) is 4. The molecule has 1 aliphatic rings. The lowest BCUT2D eigenvalue weighted by atomic mass is 10.1. The number of rotatable bonds is 6. The number of nitrogens with one attached hydrogen (secondary N) is 1. The van der Waals surface area contributed by atoms with Gasteiger partial charge in [0.2, 0.25) is 5.91 Å². The normalized spacial score (nSPS) is 14.4. The summed E-state index contributed by atoms with van der Waals surface area (Å²) in [7, 11) is 0. The highest BCUT2D eigenvalue weighted by molar-refractivity contribution is 7.20. The van der Waals surface area contributed by atoms with Gasteiger partial charge in [0, 0.05) is 38.6 Å². The maximum absolute atomic E-state index is 13.3. The first-order valence-corrected chi connectivity index (χ1v) is 11.7. The van der Waals surface area contributed by atoms with E-state index < -0.39 is 36.3 Å². The highest BCUT2D eigenvalue weighted by Crippen LogP contribution is 2.30. The number of carbonyl (C=O) groups excluding carboxylic acids is 2. The van der Waals surface area contributed by atoms with E-state index in [2.05, 4.69) is 10.3 Å². The van der Waals surface area contributed by atoms with Crippen LogP contribution in [0.2, 0.25) is 0 Å². The van der Waals surface area contributed by atoms with E-state index in [1.54, 1.807) is 24.5 Å². The van der Waals surface area contributed by atoms with Crippen molar-refractivity contribution < 1.29 is 22.8 Å². The first-order valence-electron chi connectivity index (χ1n) is 10.8. The van der Waals surface area contributed by atoms with Crippen molar-refractivity contribution in [3.63, 3.8) is 0 Å². The average molecular weight is 510 g/mol. The lowest BCUT2D eigenvalue weighted by Crippen LogP contribution is -2.49. The number of pyridine rings is 1. The fourth-order valence-corrected chi connectivity index (χ4v) is 5.26. The summed E-state index contributed by atoms with van der Waals surface area (Å²) in [6.07, 6.45) is -2.37. The molecule has 2 amide bonds. The Balaban J connectivity index is 1.82. The second-order valence-electron chi connectivity index (χ2n) is 8.18. The average Bonchev–Trinajstić information content (AvgIpc) is 3.15. The quantitative estimate of drug-likeness (QED) is 0.545. The van der Waals surface area contributed by atoms with Crippen LogP contribution in [-0.4, -0.2) is 56.6 Å². The molecule has 0 saturated carbocycles. The molecular formula is C22H22F3N5O4S. The highest BCUT2D eigenvalue weighted by Gasteiger charge is 2.31. The van der Waals surface area contributed by atoms with Crippen LogP contribution in [0.5, 0.6) is 0 Å². The molecule has 3 aromatic heterocycles. The van der Waals surface area contributed by atoms with E-state index in [-0.39, 0.29) is 59.2 Å². The third kappa shape index (κ3) is 5.14. The Morgan fingerprint density at radius 2 is 1.97 bits per heavy atom. The molecule has 186 valence electrons. The van der Waals surface area contributed by atoms with Crippen LogP contribution in [0.15, 0.2) is 34.1 Å². The zero-order chi connectivity index (χ0) is 25.3. The van der Waals surface area contributed by atoms with Crippen molar-refractivity contribution in [1.29, 1.82) is 0 Å². The van der Waals surface area contributed by atoms with Crippen LogP contribution in [0.4, 0.5) is 13.2 Å². The standard InChI is InChI=1S/C22H22F3N5O4S/c1-13-16-18(32)29(8-4-14-3-2-6-26-11-14)21(34)30(9-5-22(23,24)25)20(16)35-17(13)19(33)28-10-7-27-15(31)12-28/h2-3,6,11H,4-5,7-10,12H2,1H3,(H,27,31). The highest BCUT2D eigenvalue weighted by atomic mass is 32.1. The SMILES string of the molecule is Cc1c(C(=O)N2CCNC(=O)C2)sc2c1c(=O)n(CCc1cccnc1)c(=O)n2CCC(F)(F)F. The van der Waals surface area contributed by atoms with Gasteiger partial charge in [-0.2, -0.15) is 13.2 Å². The van der Waals surface area contributed by atoms with Crippen LogP contribution in [0.1, 0.15) is 27.2 Å². The molecule has 0 radical (unpaired) electrons. The van der Waals surface area contributed by atoms with Gasteiger partial charge in [-0.1, -0.05) is 6.07 Å². The zero-order valence-electron chi connectivity index (χ0n) is 18.7. The first-order chi connectivity index (χ1) is 16.6. The minimum absolute atomic E-state index is 0.0178. The minimum Gasteiger partial charge on any atom is -0.353 e. The summed E-state index contributed by atoms with van der Waals surface area (Å²) in [5, 5.41) is 2.65. The second kappa shape index (κ2) is 9.64. The number of aryl methyl sites for hydroxylation is 3. The predicted octanol–water partition coefficient (Wildman–Crippen LogP) is 1.70. The summed E-state index contributed by atoms with van der Waals surface area (Å²) in [5.74, 6) is -0.835. The molecule has 3 aromatic rings. The van der Waals surface area contributed by atoms with Gasteiger partial charge < -0.3 is 10.2 Å². The van der Waals surface area contributed by atoms with Crippen molar-refractivity contribution in [2.24, 2.45) is 0 Å². The number of hydrogen-bond donors (Lipinski definition) is 1. The Morgan fingerprint density at radius 3 is 2.63 bits per heavy atom. The summed E-state index contributed by atoms with van der Waals surface area (Å²) >= 11 is 0.805. The molecule has 1 aliphatic heterocycles. The van der Waals surface area contributed by atoms with Crippen LogP contribution in [0.3, 0.4) is 0 Å². The Hall–Kier alpha value is -3.48. The molecule has 0 aromatic carbocycles. The lowest BCUT2D eigenvalue weighted by Gasteiger charge is -2.26. The van der Waals surface area contributed by atoms with Gasteiger partial charge in [0.15, 0.2) is 0 Å². The van der Waals surface area contributed by atoms with E-state index in [0.29, 0.717) is 0 Å². The van der Waals surface area contributed by atoms with Gasteiger partial charge in [-0.05, 0) is 30.5 Å². The number of halogens is 3. The number of aromatic nitrogens is 3. The molecule has 0 bridgehead atoms. The molecule has 4 heterocycles. The monoisotopic (exact) mass is 509 g/mol. The first kappa shape index (κ1) is 24.6. The lowest BCUT2D eigenvalue weighted by molar-refractivity contribution is -0.136. The predicted molar refractivity (Wildman–Crippen MR) is 123 cm³/mol. The smallest absolute Gasteiger partial charge is 0.353 e. The molecule has 1 saturated heterocycles. The van der Waals surface area contributed by atoms with Gasteiger partial charge in [-0.25, -0.2) is 4.79 Å². The van der Waals surface area contributed by atoms with Gasteiger partial charge in [-0.15, -0.1) is 11.3 Å². The summed E-state index contributed by atoms with van der Waals surface area (Å²) < 4.78 is 40.9. The molecule has 4 rings (SSSR count). The van der Waals surface area contributed by atoms with Crippen LogP contribution in [-0.2, 0) is 24.3 Å². The third-order valence-electron chi connectivity index (χ3n) is 5.78. The van der Waals surface area contributed by atoms with Crippen molar-refractivity contribution in [2.75, 3.05) is 19.6 Å². The van der Waals surface area contributed by atoms with E-state index in [9.17, 15) is 32.3 Å². The molecule has 0 aliphatic carbocycles. The maximum Gasteiger partial charge on any atom is 0.390 e. The van der Waals surface area contributed by atoms with Gasteiger partial charge in [0.1, 0.15) is 4.83 Å². The van der Waals surface area contributed by atoms with Crippen LogP contribution < -0.4 is 16.6 Å².